The van der Waals surface area contributed by atoms with Crippen LogP contribution < -0.4 is 0 Å². The molecule has 1 aromatic heterocycles. The molecule has 182 valence electrons. The van der Waals surface area contributed by atoms with E-state index in [9.17, 15) is 14.7 Å². The highest BCUT2D eigenvalue weighted by atomic mass is 35.5. The topological polar surface area (TPSA) is 83.8 Å². The van der Waals surface area contributed by atoms with Crippen molar-refractivity contribution in [3.63, 3.8) is 0 Å². The number of allylic oxidation sites excluding steroid dienone is 2. The number of methoxy groups -OCH3 is 1. The Morgan fingerprint density at radius 2 is 2.12 bits per heavy atom. The highest BCUT2D eigenvalue weighted by molar-refractivity contribution is 7.16. The molecule has 0 aromatic carbocycles. The molecule has 33 heavy (non-hydrogen) atoms. The third kappa shape index (κ3) is 7.01. The Balaban J connectivity index is 1.57. The molecule has 2 aliphatic carbocycles. The molecule has 1 unspecified atom stereocenters. The first-order valence-corrected chi connectivity index (χ1v) is 13.1. The summed E-state index contributed by atoms with van der Waals surface area (Å²) in [6.45, 7) is 0. The molecule has 2 aliphatic rings. The molecule has 0 amide bonds. The maximum Gasteiger partial charge on any atom is 0.303 e. The van der Waals surface area contributed by atoms with Gasteiger partial charge in [0.05, 0.1) is 16.5 Å². The van der Waals surface area contributed by atoms with Crippen molar-refractivity contribution < 1.29 is 24.5 Å². The smallest absolute Gasteiger partial charge is 0.303 e. The van der Waals surface area contributed by atoms with Crippen molar-refractivity contribution in [2.45, 2.75) is 76.4 Å². The molecule has 1 aromatic rings. The number of unbranched alkanes of at least 4 members (excludes halogenated alkanes) is 1. The second-order valence-electron chi connectivity index (χ2n) is 9.40. The van der Waals surface area contributed by atoms with Gasteiger partial charge in [-0.15, -0.1) is 11.3 Å². The van der Waals surface area contributed by atoms with Gasteiger partial charge in [0, 0.05) is 42.1 Å². The van der Waals surface area contributed by atoms with Crippen LogP contribution in [0.15, 0.2) is 36.4 Å². The Hall–Kier alpha value is -1.47. The minimum atomic E-state index is -0.792. The highest BCUT2D eigenvalue weighted by Gasteiger charge is 2.44. The monoisotopic (exact) mass is 494 g/mol. The average molecular weight is 495 g/mol. The lowest BCUT2D eigenvalue weighted by Crippen LogP contribution is -2.44. The molecule has 5 nitrogen and oxygen atoms in total. The average Bonchev–Trinajstić information content (AvgIpc) is 3.27. The SMILES string of the molecule is COC(C/C=C/[C@H]1[C@H](O)CC(=O)[C@@H]1C/C=C\CCCC(=O)O)C1(Cc2ccc(Cl)s2)CCC1. The van der Waals surface area contributed by atoms with Gasteiger partial charge in [-0.25, -0.2) is 0 Å². The summed E-state index contributed by atoms with van der Waals surface area (Å²) in [5.41, 5.74) is 0.121. The Morgan fingerprint density at radius 3 is 2.73 bits per heavy atom. The third-order valence-electron chi connectivity index (χ3n) is 7.23. The zero-order valence-electron chi connectivity index (χ0n) is 19.2. The molecule has 0 radical (unpaired) electrons. The Labute approximate surface area is 205 Å². The number of Topliss-reactive ketones (excluding diaryl/α,β-unsaturated/α-hetero) is 1. The van der Waals surface area contributed by atoms with Gasteiger partial charge in [0.2, 0.25) is 0 Å². The minimum Gasteiger partial charge on any atom is -0.481 e. The second kappa shape index (κ2) is 12.3. The molecule has 2 saturated carbocycles. The third-order valence-corrected chi connectivity index (χ3v) is 8.46. The van der Waals surface area contributed by atoms with Gasteiger partial charge in [-0.2, -0.15) is 0 Å². The van der Waals surface area contributed by atoms with Gasteiger partial charge in [0.25, 0.3) is 0 Å². The summed E-state index contributed by atoms with van der Waals surface area (Å²) in [5.74, 6) is -1.10. The van der Waals surface area contributed by atoms with Gasteiger partial charge in [0.15, 0.2) is 0 Å². The summed E-state index contributed by atoms with van der Waals surface area (Å²) >= 11 is 7.77. The molecule has 3 rings (SSSR count). The van der Waals surface area contributed by atoms with Crippen LogP contribution in [0.25, 0.3) is 0 Å². The molecular weight excluding hydrogens is 460 g/mol. The summed E-state index contributed by atoms with van der Waals surface area (Å²) in [5, 5.41) is 19.2. The van der Waals surface area contributed by atoms with Crippen LogP contribution in [0.3, 0.4) is 0 Å². The Morgan fingerprint density at radius 1 is 1.33 bits per heavy atom. The molecule has 0 saturated heterocycles. The maximum absolute atomic E-state index is 12.4. The summed E-state index contributed by atoms with van der Waals surface area (Å²) in [4.78, 5) is 24.3. The van der Waals surface area contributed by atoms with E-state index in [1.807, 2.05) is 24.3 Å². The van der Waals surface area contributed by atoms with E-state index >= 15 is 0 Å². The molecule has 2 fully saturated rings. The van der Waals surface area contributed by atoms with Gasteiger partial charge >= 0.3 is 5.97 Å². The van der Waals surface area contributed by atoms with Crippen LogP contribution in [0, 0.1) is 17.3 Å². The quantitative estimate of drug-likeness (QED) is 0.265. The van der Waals surface area contributed by atoms with E-state index in [1.165, 1.54) is 11.3 Å². The van der Waals surface area contributed by atoms with E-state index in [1.54, 1.807) is 18.4 Å². The first kappa shape index (κ1) is 26.1. The number of aliphatic carboxylic acids is 1. The predicted octanol–water partition coefficient (Wildman–Crippen LogP) is 5.84. The largest absolute Gasteiger partial charge is 0.481 e. The standard InChI is InChI=1S/C26H35ClO5S/c1-32-23(26(14-7-15-26)17-18-12-13-24(27)33-18)10-6-9-20-19(21(28)16-22(20)29)8-4-2-3-5-11-25(30)31/h2,4,6,9,12-13,19-20,22-23,29H,3,5,7-8,10-11,14-17H2,1H3,(H,30,31)/b4-2-,9-6+/t19-,20-,22-,23?/m1/s1. The number of hydrogen-bond donors (Lipinski definition) is 2. The molecule has 1 heterocycles. The summed E-state index contributed by atoms with van der Waals surface area (Å²) in [6, 6.07) is 4.06. The van der Waals surface area contributed by atoms with Crippen LogP contribution in [-0.4, -0.2) is 41.3 Å². The van der Waals surface area contributed by atoms with Crippen molar-refractivity contribution in [2.24, 2.45) is 17.3 Å². The van der Waals surface area contributed by atoms with Gasteiger partial charge in [0.1, 0.15) is 5.78 Å². The lowest BCUT2D eigenvalue weighted by molar-refractivity contribution is -0.137. The van der Waals surface area contributed by atoms with Crippen LogP contribution in [0.4, 0.5) is 0 Å². The maximum atomic E-state index is 12.4. The fourth-order valence-corrected chi connectivity index (χ4v) is 6.49. The number of hydrogen-bond acceptors (Lipinski definition) is 5. The molecule has 0 aliphatic heterocycles. The number of aliphatic hydroxyl groups is 1. The minimum absolute atomic E-state index is 0.0882. The molecule has 7 heteroatoms. The Kier molecular flexibility index (Phi) is 9.74. The predicted molar refractivity (Wildman–Crippen MR) is 132 cm³/mol. The zero-order valence-corrected chi connectivity index (χ0v) is 20.8. The number of aliphatic hydroxyl groups excluding tert-OH is 1. The number of carboxylic acid groups (broad SMARTS) is 1. The van der Waals surface area contributed by atoms with Crippen LogP contribution in [0.1, 0.15) is 62.7 Å². The molecule has 4 atom stereocenters. The number of carbonyl (C=O) groups is 2. The van der Waals surface area contributed by atoms with E-state index in [0.717, 1.165) is 30.0 Å². The molecule has 2 N–H and O–H groups in total. The lowest BCUT2D eigenvalue weighted by atomic mass is 9.62. The number of carboxylic acids is 1. The van der Waals surface area contributed by atoms with Gasteiger partial charge < -0.3 is 14.9 Å². The second-order valence-corrected chi connectivity index (χ2v) is 11.2. The fraction of sp³-hybridized carbons (Fsp3) is 0.615. The van der Waals surface area contributed by atoms with Crippen molar-refractivity contribution in [3.05, 3.63) is 45.7 Å². The van der Waals surface area contributed by atoms with Crippen molar-refractivity contribution in [2.75, 3.05) is 7.11 Å². The fourth-order valence-electron chi connectivity index (χ4n) is 5.25. The van der Waals surface area contributed by atoms with E-state index in [0.29, 0.717) is 19.3 Å². The van der Waals surface area contributed by atoms with Crippen LogP contribution >= 0.6 is 22.9 Å². The zero-order chi connectivity index (χ0) is 23.8. The highest BCUT2D eigenvalue weighted by Crippen LogP contribution is 2.49. The Bertz CT molecular complexity index is 857. The number of ketones is 1. The summed E-state index contributed by atoms with van der Waals surface area (Å²) < 4.78 is 6.75. The van der Waals surface area contributed by atoms with E-state index in [2.05, 4.69) is 12.1 Å². The van der Waals surface area contributed by atoms with Crippen molar-refractivity contribution in [1.82, 2.24) is 0 Å². The van der Waals surface area contributed by atoms with Crippen molar-refractivity contribution >= 4 is 34.7 Å². The first-order chi connectivity index (χ1) is 15.8. The van der Waals surface area contributed by atoms with Crippen molar-refractivity contribution in [1.29, 1.82) is 0 Å². The number of ether oxygens (including phenoxy) is 1. The summed E-state index contributed by atoms with van der Waals surface area (Å²) in [7, 11) is 1.77. The van der Waals surface area contributed by atoms with Crippen LogP contribution in [-0.2, 0) is 20.7 Å². The molecule has 0 bridgehead atoms. The van der Waals surface area contributed by atoms with E-state index in [4.69, 9.17) is 21.4 Å². The van der Waals surface area contributed by atoms with E-state index < -0.39 is 12.1 Å². The van der Waals surface area contributed by atoms with E-state index in [-0.39, 0.29) is 42.0 Å². The van der Waals surface area contributed by atoms with Gasteiger partial charge in [-0.3, -0.25) is 9.59 Å². The van der Waals surface area contributed by atoms with Gasteiger partial charge in [-0.05, 0) is 57.1 Å². The van der Waals surface area contributed by atoms with Crippen LogP contribution in [0.5, 0.6) is 0 Å². The van der Waals surface area contributed by atoms with Crippen molar-refractivity contribution in [3.8, 4) is 0 Å². The molecule has 0 spiro atoms. The first-order valence-electron chi connectivity index (χ1n) is 11.9. The number of rotatable bonds is 13. The molecular formula is C26H35ClO5S. The number of halogens is 1. The van der Waals surface area contributed by atoms with Crippen LogP contribution in [0.2, 0.25) is 4.34 Å². The lowest BCUT2D eigenvalue weighted by Gasteiger charge is -2.47. The number of thiophene rings is 1. The summed E-state index contributed by atoms with van der Waals surface area (Å²) in [6.07, 6.45) is 14.8. The number of carbonyl (C=O) groups excluding carboxylic acids is 1. The normalized spacial score (nSPS) is 25.7. The van der Waals surface area contributed by atoms with Gasteiger partial charge in [-0.1, -0.05) is 42.3 Å².